The van der Waals surface area contributed by atoms with Crippen LogP contribution >= 0.6 is 11.6 Å². The highest BCUT2D eigenvalue weighted by Crippen LogP contribution is 2.24. The number of rotatable bonds is 2. The van der Waals surface area contributed by atoms with Gasteiger partial charge in [-0.3, -0.25) is 4.98 Å². The normalized spacial score (nSPS) is 10.2. The van der Waals surface area contributed by atoms with Gasteiger partial charge >= 0.3 is 0 Å². The molecule has 0 radical (unpaired) electrons. The van der Waals surface area contributed by atoms with Crippen LogP contribution in [0.2, 0.25) is 5.02 Å². The highest BCUT2D eigenvalue weighted by atomic mass is 35.5. The zero-order chi connectivity index (χ0) is 11.5. The molecule has 5 heteroatoms. The number of halogens is 2. The van der Waals surface area contributed by atoms with E-state index < -0.39 is 5.82 Å². The van der Waals surface area contributed by atoms with Crippen molar-refractivity contribution in [2.75, 3.05) is 11.9 Å². The molecule has 0 aliphatic heterocycles. The predicted octanol–water partition coefficient (Wildman–Crippen LogP) is 3.04. The Bertz CT molecular complexity index is 490. The van der Waals surface area contributed by atoms with E-state index >= 15 is 0 Å². The molecule has 0 bridgehead atoms. The summed E-state index contributed by atoms with van der Waals surface area (Å²) < 4.78 is 13.6. The number of nitrogens with zero attached hydrogens (tertiary/aromatic N) is 3. The molecule has 0 N–H and O–H groups in total. The van der Waals surface area contributed by atoms with E-state index in [-0.39, 0.29) is 10.8 Å². The van der Waals surface area contributed by atoms with E-state index in [0.29, 0.717) is 0 Å². The molecule has 0 fully saturated rings. The fourth-order valence-corrected chi connectivity index (χ4v) is 1.47. The van der Waals surface area contributed by atoms with Crippen LogP contribution in [0.15, 0.2) is 36.8 Å². The van der Waals surface area contributed by atoms with Crippen LogP contribution in [0.25, 0.3) is 0 Å². The molecule has 0 aromatic carbocycles. The minimum Gasteiger partial charge on any atom is -0.326 e. The van der Waals surface area contributed by atoms with Crippen molar-refractivity contribution in [3.05, 3.63) is 47.6 Å². The van der Waals surface area contributed by atoms with Crippen LogP contribution in [0.3, 0.4) is 0 Å². The molecule has 3 nitrogen and oxygen atoms in total. The van der Waals surface area contributed by atoms with E-state index in [9.17, 15) is 4.39 Å². The maximum atomic E-state index is 13.6. The van der Waals surface area contributed by atoms with E-state index in [1.54, 1.807) is 30.4 Å². The Morgan fingerprint density at radius 1 is 1.38 bits per heavy atom. The number of pyridine rings is 2. The number of hydrogen-bond acceptors (Lipinski definition) is 3. The van der Waals surface area contributed by atoms with Gasteiger partial charge in [-0.25, -0.2) is 9.37 Å². The standard InChI is InChI=1S/C11H9ClFN3/c1-16(9-3-2-4-14-7-9)11-10(13)5-8(12)6-15-11/h2-7H,1H3. The SMILES string of the molecule is CN(c1cccnc1)c1ncc(Cl)cc1F. The monoisotopic (exact) mass is 237 g/mol. The van der Waals surface area contributed by atoms with Crippen molar-refractivity contribution in [2.45, 2.75) is 0 Å². The second kappa shape index (κ2) is 4.45. The van der Waals surface area contributed by atoms with Crippen molar-refractivity contribution < 1.29 is 4.39 Å². The summed E-state index contributed by atoms with van der Waals surface area (Å²) in [6.45, 7) is 0. The van der Waals surface area contributed by atoms with Crippen LogP contribution in [0.1, 0.15) is 0 Å². The molecule has 0 saturated carbocycles. The molecule has 2 aromatic rings. The van der Waals surface area contributed by atoms with Gasteiger partial charge in [0.1, 0.15) is 0 Å². The molecule has 0 aliphatic rings. The third-order valence-corrected chi connectivity index (χ3v) is 2.35. The summed E-state index contributed by atoms with van der Waals surface area (Å²) in [6, 6.07) is 4.83. The molecule has 2 rings (SSSR count). The van der Waals surface area contributed by atoms with Crippen LogP contribution in [-0.2, 0) is 0 Å². The fourth-order valence-electron chi connectivity index (χ4n) is 1.33. The van der Waals surface area contributed by atoms with Gasteiger partial charge in [-0.15, -0.1) is 0 Å². The van der Waals surface area contributed by atoms with Crippen molar-refractivity contribution in [3.8, 4) is 0 Å². The highest BCUT2D eigenvalue weighted by Gasteiger charge is 2.11. The Kier molecular flexibility index (Phi) is 3.01. The van der Waals surface area contributed by atoms with Crippen molar-refractivity contribution in [1.82, 2.24) is 9.97 Å². The lowest BCUT2D eigenvalue weighted by molar-refractivity contribution is 0.621. The summed E-state index contributed by atoms with van der Waals surface area (Å²) >= 11 is 5.63. The Morgan fingerprint density at radius 2 is 2.19 bits per heavy atom. The van der Waals surface area contributed by atoms with Gasteiger partial charge in [0.05, 0.1) is 16.9 Å². The molecule has 0 spiro atoms. The second-order valence-electron chi connectivity index (χ2n) is 3.23. The lowest BCUT2D eigenvalue weighted by Gasteiger charge is -2.18. The summed E-state index contributed by atoms with van der Waals surface area (Å²) in [5, 5.41) is 0.279. The molecular weight excluding hydrogens is 229 g/mol. The molecule has 16 heavy (non-hydrogen) atoms. The van der Waals surface area contributed by atoms with Gasteiger partial charge in [-0.05, 0) is 18.2 Å². The van der Waals surface area contributed by atoms with Gasteiger partial charge in [-0.1, -0.05) is 11.6 Å². The Morgan fingerprint density at radius 3 is 2.81 bits per heavy atom. The first-order valence-corrected chi connectivity index (χ1v) is 5.01. The van der Waals surface area contributed by atoms with Crippen LogP contribution in [-0.4, -0.2) is 17.0 Å². The molecule has 0 atom stereocenters. The van der Waals surface area contributed by atoms with Crippen LogP contribution in [0, 0.1) is 5.82 Å². The van der Waals surface area contributed by atoms with Gasteiger partial charge in [0.2, 0.25) is 0 Å². The minimum atomic E-state index is -0.459. The van der Waals surface area contributed by atoms with Crippen LogP contribution in [0.4, 0.5) is 15.9 Å². The molecule has 0 saturated heterocycles. The van der Waals surface area contributed by atoms with Gasteiger partial charge in [0.25, 0.3) is 0 Å². The first-order valence-electron chi connectivity index (χ1n) is 4.63. The average Bonchev–Trinajstić information content (AvgIpc) is 2.29. The first-order chi connectivity index (χ1) is 7.68. The fraction of sp³-hybridized carbons (Fsp3) is 0.0909. The van der Waals surface area contributed by atoms with Crippen molar-refractivity contribution in [3.63, 3.8) is 0 Å². The lowest BCUT2D eigenvalue weighted by Crippen LogP contribution is -2.13. The first kappa shape index (κ1) is 10.8. The maximum Gasteiger partial charge on any atom is 0.169 e. The lowest BCUT2D eigenvalue weighted by atomic mass is 10.3. The van der Waals surface area contributed by atoms with Gasteiger partial charge in [0.15, 0.2) is 11.6 Å². The second-order valence-corrected chi connectivity index (χ2v) is 3.67. The van der Waals surface area contributed by atoms with Crippen molar-refractivity contribution in [2.24, 2.45) is 0 Å². The molecule has 2 aromatic heterocycles. The molecule has 0 amide bonds. The summed E-state index contributed by atoms with van der Waals surface area (Å²) in [5.41, 5.74) is 0.760. The summed E-state index contributed by atoms with van der Waals surface area (Å²) in [7, 11) is 1.72. The topological polar surface area (TPSA) is 29.0 Å². The average molecular weight is 238 g/mol. The van der Waals surface area contributed by atoms with Gasteiger partial charge < -0.3 is 4.90 Å². The highest BCUT2D eigenvalue weighted by molar-refractivity contribution is 6.30. The zero-order valence-electron chi connectivity index (χ0n) is 8.56. The number of aromatic nitrogens is 2. The molecule has 2 heterocycles. The van der Waals surface area contributed by atoms with Gasteiger partial charge in [0, 0.05) is 19.4 Å². The van der Waals surface area contributed by atoms with E-state index in [1.807, 2.05) is 6.07 Å². The minimum absolute atomic E-state index is 0.220. The molecule has 0 aliphatic carbocycles. The van der Waals surface area contributed by atoms with Crippen molar-refractivity contribution >= 4 is 23.1 Å². The third-order valence-electron chi connectivity index (χ3n) is 2.14. The largest absolute Gasteiger partial charge is 0.326 e. The molecule has 82 valence electrons. The zero-order valence-corrected chi connectivity index (χ0v) is 9.32. The van der Waals surface area contributed by atoms with Gasteiger partial charge in [-0.2, -0.15) is 0 Å². The summed E-state index contributed by atoms with van der Waals surface area (Å²) in [6.07, 6.45) is 4.70. The number of hydrogen-bond donors (Lipinski definition) is 0. The van der Waals surface area contributed by atoms with Crippen LogP contribution < -0.4 is 4.90 Å². The van der Waals surface area contributed by atoms with E-state index in [4.69, 9.17) is 11.6 Å². The predicted molar refractivity (Wildman–Crippen MR) is 61.5 cm³/mol. The Labute approximate surface area is 97.5 Å². The van der Waals surface area contributed by atoms with E-state index in [1.165, 1.54) is 12.3 Å². The van der Waals surface area contributed by atoms with E-state index in [2.05, 4.69) is 9.97 Å². The van der Waals surface area contributed by atoms with Crippen molar-refractivity contribution in [1.29, 1.82) is 0 Å². The van der Waals surface area contributed by atoms with Crippen LogP contribution in [0.5, 0.6) is 0 Å². The summed E-state index contributed by atoms with van der Waals surface area (Å²) in [5.74, 6) is -0.240. The Hall–Kier alpha value is -1.68. The maximum absolute atomic E-state index is 13.6. The quantitative estimate of drug-likeness (QED) is 0.804. The summed E-state index contributed by atoms with van der Waals surface area (Å²) in [4.78, 5) is 9.52. The Balaban J connectivity index is 2.38. The third kappa shape index (κ3) is 2.12. The molecule has 0 unspecified atom stereocenters. The molecular formula is C11H9ClFN3. The number of anilines is 2. The smallest absolute Gasteiger partial charge is 0.169 e. The van der Waals surface area contributed by atoms with E-state index in [0.717, 1.165) is 5.69 Å².